The molecule has 4 heavy (non-hydrogen) atoms. The van der Waals surface area contributed by atoms with Gasteiger partial charge in [-0.3, -0.25) is 0 Å². The fraction of sp³-hybridized carbons (Fsp3) is 0. The highest BCUT2D eigenvalue weighted by Crippen LogP contribution is 1.89. The highest BCUT2D eigenvalue weighted by Gasteiger charge is 1.00. The molecule has 0 radical (unpaired) electrons. The van der Waals surface area contributed by atoms with Crippen LogP contribution >= 0.6 is 62.0 Å². The Morgan fingerprint density at radius 2 is 0.750 bits per heavy atom. The summed E-state index contributed by atoms with van der Waals surface area (Å²) in [5.41, 5.74) is 0. The van der Waals surface area contributed by atoms with Gasteiger partial charge in [0.2, 0.25) is 0 Å². The third-order valence-electron chi connectivity index (χ3n) is 0. The van der Waals surface area contributed by atoms with Crippen LogP contribution in [0.15, 0.2) is 0 Å². The van der Waals surface area contributed by atoms with Crippen molar-refractivity contribution >= 4 is 62.0 Å². The topological polar surface area (TPSA) is 0 Å². The first kappa shape index (κ1) is 16.6. The molecule has 0 aromatic rings. The fourth-order valence-electron chi connectivity index (χ4n) is 0. The number of rotatable bonds is 0. The van der Waals surface area contributed by atoms with Gasteiger partial charge in [0.1, 0.15) is 0 Å². The van der Waals surface area contributed by atoms with Crippen molar-refractivity contribution in [3.8, 4) is 0 Å². The van der Waals surface area contributed by atoms with Crippen molar-refractivity contribution in [1.29, 1.82) is 0 Å². The van der Waals surface area contributed by atoms with Crippen LogP contribution < -0.4 is 0 Å². The van der Waals surface area contributed by atoms with E-state index >= 15 is 0 Å². The van der Waals surface area contributed by atoms with E-state index in [-0.39, 0.29) is 24.8 Å². The molecule has 0 heterocycles. The average Bonchev–Trinajstić information content (AvgIpc) is 1.00. The molecule has 0 aromatic heterocycles. The average molecular weight is 327 g/mol. The van der Waals surface area contributed by atoms with Crippen molar-refractivity contribution < 1.29 is 0 Å². The summed E-state index contributed by atoms with van der Waals surface area (Å²) in [5.74, 6) is 0. The van der Waals surface area contributed by atoms with E-state index in [9.17, 15) is 0 Å². The minimum absolute atomic E-state index is 0. The third-order valence-corrected chi connectivity index (χ3v) is 0. The van der Waals surface area contributed by atoms with Crippen LogP contribution in [-0.2, 0) is 0 Å². The second-order valence-electron chi connectivity index (χ2n) is 0. The van der Waals surface area contributed by atoms with Crippen molar-refractivity contribution in [3.63, 3.8) is 0 Å². The van der Waals surface area contributed by atoms with Crippen LogP contribution in [0.4, 0.5) is 0 Å². The lowest BCUT2D eigenvalue weighted by Gasteiger charge is -1.00. The van der Waals surface area contributed by atoms with E-state index in [4.69, 9.17) is 0 Å². The van der Waals surface area contributed by atoms with E-state index in [0.717, 1.165) is 0 Å². The summed E-state index contributed by atoms with van der Waals surface area (Å²) in [4.78, 5) is 0. The first-order valence-electron chi connectivity index (χ1n) is 0.143. The zero-order chi connectivity index (χ0) is 2.00. The van der Waals surface area contributed by atoms with E-state index in [1.54, 1.807) is 0 Å². The Morgan fingerprint density at radius 1 is 0.750 bits per heavy atom. The number of hydrogen-bond donors (Lipinski definition) is 0. The van der Waals surface area contributed by atoms with Crippen molar-refractivity contribution in [2.45, 2.75) is 0 Å². The van der Waals surface area contributed by atoms with Crippen LogP contribution in [0.5, 0.6) is 0 Å². The highest BCUT2D eigenvalue weighted by atomic mass is 128. The first-order chi connectivity index (χ1) is 1.00. The maximum atomic E-state index is 2.12. The Bertz CT molecular complexity index is 4.00. The molecule has 0 N–H and O–H groups in total. The van der Waals surface area contributed by atoms with Gasteiger partial charge in [-0.15, -0.1) is 24.8 Å². The lowest BCUT2D eigenvalue weighted by Crippen LogP contribution is -0.114. The van der Waals surface area contributed by atoms with Gasteiger partial charge >= 0.3 is 0 Å². The monoisotopic (exact) mass is 326 g/mol. The molecule has 0 aliphatic carbocycles. The molecule has 0 aromatic carbocycles. The molecular weight excluding hydrogens is 325 g/mol. The van der Waals surface area contributed by atoms with Crippen molar-refractivity contribution in [2.75, 3.05) is 0 Å². The summed E-state index contributed by atoms with van der Waals surface area (Å²) in [6.45, 7) is 0. The molecule has 0 bridgehead atoms. The summed E-state index contributed by atoms with van der Waals surface area (Å²) in [6, 6.07) is 0. The standard InChI is InChI=1S/2ClH.I2/c;;1-2/h2*1H;. The predicted molar refractivity (Wildman–Crippen MR) is 42.5 cm³/mol. The van der Waals surface area contributed by atoms with Gasteiger partial charge in [-0.25, -0.2) is 0 Å². The Balaban J connectivity index is -0.00000000500. The zero-order valence-electron chi connectivity index (χ0n) is 1.57. The van der Waals surface area contributed by atoms with Gasteiger partial charge in [0.05, 0.1) is 0 Å². The summed E-state index contributed by atoms with van der Waals surface area (Å²) in [7, 11) is 0. The van der Waals surface area contributed by atoms with Crippen LogP contribution in [0, 0.1) is 0 Å². The summed E-state index contributed by atoms with van der Waals surface area (Å²) >= 11 is 4.24. The summed E-state index contributed by atoms with van der Waals surface area (Å²) in [6.07, 6.45) is 0. The van der Waals surface area contributed by atoms with E-state index in [0.29, 0.717) is 0 Å². The molecule has 0 amide bonds. The SMILES string of the molecule is Cl.Cl.II. The molecule has 0 saturated heterocycles. The van der Waals surface area contributed by atoms with Crippen LogP contribution in [0.3, 0.4) is 0 Å². The van der Waals surface area contributed by atoms with Crippen molar-refractivity contribution in [1.82, 2.24) is 0 Å². The zero-order valence-corrected chi connectivity index (χ0v) is 7.52. The second kappa shape index (κ2) is 19.8. The number of hydrogen-bond acceptors (Lipinski definition) is 0. The van der Waals surface area contributed by atoms with Gasteiger partial charge in [0.15, 0.2) is 0 Å². The Hall–Kier alpha value is 2.04. The van der Waals surface area contributed by atoms with Gasteiger partial charge in [-0.05, 0) is 0 Å². The van der Waals surface area contributed by atoms with Crippen LogP contribution in [-0.4, -0.2) is 0 Å². The molecule has 0 atom stereocenters. The molecule has 0 nitrogen and oxygen atoms in total. The van der Waals surface area contributed by atoms with Gasteiger partial charge in [-0.2, -0.15) is 0 Å². The van der Waals surface area contributed by atoms with Crippen molar-refractivity contribution in [3.05, 3.63) is 0 Å². The maximum Gasteiger partial charge on any atom is 0 e. The molecule has 0 aliphatic heterocycles. The first-order valence-corrected chi connectivity index (χ1v) is 6.43. The number of halogens is 4. The molecule has 0 unspecified atom stereocenters. The largest absolute Gasteiger partial charge is 0.147 e. The molecule has 30 valence electrons. The molecule has 0 spiro atoms. The van der Waals surface area contributed by atoms with E-state index in [1.165, 1.54) is 0 Å². The summed E-state index contributed by atoms with van der Waals surface area (Å²) < 4.78 is 0. The third kappa shape index (κ3) is 8.97. The van der Waals surface area contributed by atoms with Gasteiger partial charge in [0.25, 0.3) is 0 Å². The normalized spacial score (nSPS) is 1.50. The maximum absolute atomic E-state index is 2.12. The van der Waals surface area contributed by atoms with Crippen LogP contribution in [0.25, 0.3) is 0 Å². The van der Waals surface area contributed by atoms with E-state index in [1.807, 2.05) is 0 Å². The predicted octanol–water partition coefficient (Wildman–Crippen LogP) is 2.61. The van der Waals surface area contributed by atoms with E-state index < -0.39 is 0 Å². The molecule has 0 rings (SSSR count). The van der Waals surface area contributed by atoms with Crippen molar-refractivity contribution in [2.24, 2.45) is 0 Å². The Labute approximate surface area is 61.2 Å². The highest BCUT2D eigenvalue weighted by molar-refractivity contribution is 15.0. The van der Waals surface area contributed by atoms with Crippen LogP contribution in [0.2, 0.25) is 0 Å². The lowest BCUT2D eigenvalue weighted by molar-refractivity contribution is 5.85. The summed E-state index contributed by atoms with van der Waals surface area (Å²) in [5, 5.41) is 0. The van der Waals surface area contributed by atoms with E-state index in [2.05, 4.69) is 37.2 Å². The molecule has 0 aliphatic rings. The molecule has 0 fully saturated rings. The smallest absolute Gasteiger partial charge is 0 e. The quantitative estimate of drug-likeness (QED) is 0.600. The second-order valence-corrected chi connectivity index (χ2v) is 0. The molecular formula is H2Cl2I2. The molecule has 4 heteroatoms. The van der Waals surface area contributed by atoms with Crippen LogP contribution in [0.1, 0.15) is 0 Å². The minimum atomic E-state index is 0. The molecule has 0 saturated carbocycles. The van der Waals surface area contributed by atoms with Gasteiger partial charge < -0.3 is 0 Å². The lowest BCUT2D eigenvalue weighted by atomic mass is 35.5. The van der Waals surface area contributed by atoms with Gasteiger partial charge in [-0.1, -0.05) is 0 Å². The fourth-order valence-corrected chi connectivity index (χ4v) is 0. The minimum Gasteiger partial charge on any atom is -0.147 e. The Kier molecular flexibility index (Phi) is 82.0. The van der Waals surface area contributed by atoms with Gasteiger partial charge in [0, 0.05) is 37.2 Å². The Morgan fingerprint density at radius 3 is 0.750 bits per heavy atom.